The number of nitrogens with one attached hydrogen (secondary N) is 1. The molecule has 0 atom stereocenters. The second-order valence-corrected chi connectivity index (χ2v) is 5.48. The fraction of sp³-hybridized carbons (Fsp3) is 0. The maximum Gasteiger partial charge on any atom is 0.270 e. The first-order valence-electron chi connectivity index (χ1n) is 6.77. The minimum Gasteiger partial charge on any atom is -0.258 e. The van der Waals surface area contributed by atoms with E-state index in [2.05, 4.69) is 15.5 Å². The summed E-state index contributed by atoms with van der Waals surface area (Å²) in [4.78, 5) is 14.8. The van der Waals surface area contributed by atoms with Crippen LogP contribution in [0.3, 0.4) is 0 Å². The molecule has 114 valence electrons. The SMILES string of the molecule is O=[N+]([O-])c1cccc(-c2csc(NN=Cc3ccccc3)n2)c1. The van der Waals surface area contributed by atoms with Gasteiger partial charge in [0, 0.05) is 23.1 Å². The number of hydrogen-bond donors (Lipinski definition) is 1. The molecular formula is C16H12N4O2S. The summed E-state index contributed by atoms with van der Waals surface area (Å²) in [6.45, 7) is 0. The van der Waals surface area contributed by atoms with Crippen LogP contribution in [0.2, 0.25) is 0 Å². The first kappa shape index (κ1) is 14.9. The molecule has 0 radical (unpaired) electrons. The van der Waals surface area contributed by atoms with Crippen molar-refractivity contribution in [2.45, 2.75) is 0 Å². The molecule has 0 aliphatic rings. The predicted molar refractivity (Wildman–Crippen MR) is 91.9 cm³/mol. The number of rotatable bonds is 5. The van der Waals surface area contributed by atoms with Crippen LogP contribution < -0.4 is 5.43 Å². The van der Waals surface area contributed by atoms with Gasteiger partial charge in [0.15, 0.2) is 0 Å². The predicted octanol–water partition coefficient (Wildman–Crippen LogP) is 4.16. The maximum atomic E-state index is 10.8. The molecule has 0 unspecified atom stereocenters. The lowest BCUT2D eigenvalue weighted by Gasteiger charge is -1.97. The van der Waals surface area contributed by atoms with Crippen LogP contribution in [0.1, 0.15) is 5.56 Å². The second kappa shape index (κ2) is 6.80. The Bertz CT molecular complexity index is 846. The van der Waals surface area contributed by atoms with Crippen LogP contribution in [0.25, 0.3) is 11.3 Å². The summed E-state index contributed by atoms with van der Waals surface area (Å²) >= 11 is 1.39. The number of hydrazone groups is 1. The molecule has 6 nitrogen and oxygen atoms in total. The van der Waals surface area contributed by atoms with Crippen LogP contribution in [0.4, 0.5) is 10.8 Å². The van der Waals surface area contributed by atoms with Gasteiger partial charge in [0.2, 0.25) is 5.13 Å². The van der Waals surface area contributed by atoms with E-state index in [1.165, 1.54) is 23.5 Å². The molecule has 2 aromatic carbocycles. The average Bonchev–Trinajstić information content (AvgIpc) is 3.05. The van der Waals surface area contributed by atoms with E-state index in [0.717, 1.165) is 5.56 Å². The molecule has 7 heteroatoms. The van der Waals surface area contributed by atoms with Gasteiger partial charge in [0.05, 0.1) is 16.8 Å². The number of anilines is 1. The molecule has 1 N–H and O–H groups in total. The quantitative estimate of drug-likeness (QED) is 0.434. The zero-order chi connectivity index (χ0) is 16.1. The molecule has 0 fully saturated rings. The fourth-order valence-electron chi connectivity index (χ4n) is 1.94. The number of aromatic nitrogens is 1. The van der Waals surface area contributed by atoms with Crippen molar-refractivity contribution in [1.82, 2.24) is 4.98 Å². The third-order valence-electron chi connectivity index (χ3n) is 3.03. The van der Waals surface area contributed by atoms with Crippen molar-refractivity contribution in [1.29, 1.82) is 0 Å². The topological polar surface area (TPSA) is 80.4 Å². The first-order chi connectivity index (χ1) is 11.2. The number of nitro groups is 1. The van der Waals surface area contributed by atoms with E-state index in [0.29, 0.717) is 16.4 Å². The molecule has 0 aliphatic heterocycles. The molecule has 3 rings (SSSR count). The zero-order valence-electron chi connectivity index (χ0n) is 11.9. The van der Waals surface area contributed by atoms with Gasteiger partial charge in [-0.15, -0.1) is 11.3 Å². The van der Waals surface area contributed by atoms with Crippen molar-refractivity contribution in [3.63, 3.8) is 0 Å². The third-order valence-corrected chi connectivity index (χ3v) is 3.78. The normalized spacial score (nSPS) is 10.8. The first-order valence-corrected chi connectivity index (χ1v) is 7.65. The lowest BCUT2D eigenvalue weighted by Crippen LogP contribution is -1.90. The summed E-state index contributed by atoms with van der Waals surface area (Å²) in [7, 11) is 0. The Labute approximate surface area is 136 Å². The summed E-state index contributed by atoms with van der Waals surface area (Å²) in [5.41, 5.74) is 5.27. The Hall–Kier alpha value is -3.06. The lowest BCUT2D eigenvalue weighted by molar-refractivity contribution is -0.384. The van der Waals surface area contributed by atoms with Gasteiger partial charge in [-0.2, -0.15) is 5.10 Å². The Morgan fingerprint density at radius 3 is 2.78 bits per heavy atom. The van der Waals surface area contributed by atoms with Gasteiger partial charge in [-0.25, -0.2) is 4.98 Å². The van der Waals surface area contributed by atoms with Gasteiger partial charge < -0.3 is 0 Å². The van der Waals surface area contributed by atoms with Crippen molar-refractivity contribution in [3.05, 3.63) is 75.7 Å². The van der Waals surface area contributed by atoms with Crippen LogP contribution >= 0.6 is 11.3 Å². The Morgan fingerprint density at radius 2 is 2.00 bits per heavy atom. The number of nitro benzene ring substituents is 1. The van der Waals surface area contributed by atoms with Crippen molar-refractivity contribution in [3.8, 4) is 11.3 Å². The Kier molecular flexibility index (Phi) is 4.39. The summed E-state index contributed by atoms with van der Waals surface area (Å²) in [5, 5.41) is 17.4. The summed E-state index contributed by atoms with van der Waals surface area (Å²) in [6, 6.07) is 16.1. The molecule has 0 bridgehead atoms. The number of benzene rings is 2. The van der Waals surface area contributed by atoms with Crippen LogP contribution in [-0.2, 0) is 0 Å². The highest BCUT2D eigenvalue weighted by Crippen LogP contribution is 2.27. The number of nitrogens with zero attached hydrogens (tertiary/aromatic N) is 3. The van der Waals surface area contributed by atoms with Crippen LogP contribution in [0, 0.1) is 10.1 Å². The van der Waals surface area contributed by atoms with Gasteiger partial charge in [0.25, 0.3) is 5.69 Å². The molecule has 1 aromatic heterocycles. The highest BCUT2D eigenvalue weighted by atomic mass is 32.1. The molecule has 23 heavy (non-hydrogen) atoms. The molecule has 3 aromatic rings. The van der Waals surface area contributed by atoms with E-state index >= 15 is 0 Å². The van der Waals surface area contributed by atoms with E-state index in [-0.39, 0.29) is 5.69 Å². The molecule has 1 heterocycles. The second-order valence-electron chi connectivity index (χ2n) is 4.63. The summed E-state index contributed by atoms with van der Waals surface area (Å²) in [5.74, 6) is 0. The number of hydrogen-bond acceptors (Lipinski definition) is 6. The largest absolute Gasteiger partial charge is 0.270 e. The smallest absolute Gasteiger partial charge is 0.258 e. The third kappa shape index (κ3) is 3.78. The molecule has 0 aliphatic carbocycles. The Balaban J connectivity index is 1.72. The van der Waals surface area contributed by atoms with E-state index < -0.39 is 4.92 Å². The van der Waals surface area contributed by atoms with Gasteiger partial charge >= 0.3 is 0 Å². The highest BCUT2D eigenvalue weighted by molar-refractivity contribution is 7.14. The standard InChI is InChI=1S/C16H12N4O2S/c21-20(22)14-8-4-7-13(9-14)15-11-23-16(18-15)19-17-10-12-5-2-1-3-6-12/h1-11H,(H,18,19). The van der Waals surface area contributed by atoms with Crippen LogP contribution in [0.15, 0.2) is 65.1 Å². The van der Waals surface area contributed by atoms with Gasteiger partial charge in [-0.1, -0.05) is 42.5 Å². The van der Waals surface area contributed by atoms with Crippen molar-refractivity contribution >= 4 is 28.4 Å². The molecule has 0 saturated heterocycles. The average molecular weight is 324 g/mol. The number of thiazole rings is 1. The van der Waals surface area contributed by atoms with Crippen molar-refractivity contribution in [2.24, 2.45) is 5.10 Å². The molecule has 0 saturated carbocycles. The molecule has 0 amide bonds. The Morgan fingerprint density at radius 1 is 1.17 bits per heavy atom. The van der Waals surface area contributed by atoms with E-state index in [1.54, 1.807) is 18.3 Å². The van der Waals surface area contributed by atoms with Crippen molar-refractivity contribution in [2.75, 3.05) is 5.43 Å². The minimum absolute atomic E-state index is 0.0482. The fourth-order valence-corrected chi connectivity index (χ4v) is 2.61. The number of non-ortho nitro benzene ring substituents is 1. The van der Waals surface area contributed by atoms with E-state index in [4.69, 9.17) is 0 Å². The maximum absolute atomic E-state index is 10.8. The van der Waals surface area contributed by atoms with Crippen molar-refractivity contribution < 1.29 is 4.92 Å². The van der Waals surface area contributed by atoms with Gasteiger partial charge in [0.1, 0.15) is 0 Å². The van der Waals surface area contributed by atoms with E-state index in [9.17, 15) is 10.1 Å². The zero-order valence-corrected chi connectivity index (χ0v) is 12.7. The van der Waals surface area contributed by atoms with E-state index in [1.807, 2.05) is 35.7 Å². The van der Waals surface area contributed by atoms with Gasteiger partial charge in [-0.3, -0.25) is 15.5 Å². The minimum atomic E-state index is -0.417. The monoisotopic (exact) mass is 324 g/mol. The van der Waals surface area contributed by atoms with Crippen LogP contribution in [0.5, 0.6) is 0 Å². The molecular weight excluding hydrogens is 312 g/mol. The van der Waals surface area contributed by atoms with Gasteiger partial charge in [-0.05, 0) is 5.56 Å². The summed E-state index contributed by atoms with van der Waals surface area (Å²) < 4.78 is 0. The van der Waals surface area contributed by atoms with Crippen LogP contribution in [-0.4, -0.2) is 16.1 Å². The molecule has 0 spiro atoms. The lowest BCUT2D eigenvalue weighted by atomic mass is 10.1. The summed E-state index contributed by atoms with van der Waals surface area (Å²) in [6.07, 6.45) is 1.70. The highest BCUT2D eigenvalue weighted by Gasteiger charge is 2.09.